The Morgan fingerprint density at radius 2 is 1.90 bits per heavy atom. The van der Waals surface area contributed by atoms with E-state index in [-0.39, 0.29) is 35.2 Å². The van der Waals surface area contributed by atoms with Crippen molar-refractivity contribution in [3.05, 3.63) is 70.3 Å². The van der Waals surface area contributed by atoms with E-state index in [0.29, 0.717) is 17.0 Å². The molecule has 0 spiro atoms. The zero-order valence-corrected chi connectivity index (χ0v) is 17.0. The molecule has 0 aliphatic heterocycles. The Bertz CT molecular complexity index is 1320. The summed E-state index contributed by atoms with van der Waals surface area (Å²) in [5.41, 5.74) is 7.38. The lowest BCUT2D eigenvalue weighted by atomic mass is 10.0. The SMILES string of the molecule is COc1ccccc1-n1c(=O)[nH]c2c(C(N)=O)nc(-c3ccc(C(C)CO)cc3)nc21. The Kier molecular flexibility index (Phi) is 5.26. The predicted molar refractivity (Wildman–Crippen MR) is 115 cm³/mol. The van der Waals surface area contributed by atoms with Gasteiger partial charge in [-0.05, 0) is 17.7 Å². The highest BCUT2D eigenvalue weighted by atomic mass is 16.5. The van der Waals surface area contributed by atoms with Gasteiger partial charge in [-0.3, -0.25) is 4.79 Å². The fourth-order valence-corrected chi connectivity index (χ4v) is 3.40. The standard InChI is InChI=1S/C22H21N5O4/c1-12(11-28)13-7-9-14(10-8-13)20-24-17(19(23)29)18-21(26-20)27(22(30)25-18)15-5-3-4-6-16(15)31-2/h3-10,12,28H,11H2,1-2H3,(H2,23,29)(H,25,30). The molecule has 0 saturated carbocycles. The number of nitrogens with zero attached hydrogens (tertiary/aromatic N) is 3. The number of H-pyrrole nitrogens is 1. The Morgan fingerprint density at radius 1 is 1.19 bits per heavy atom. The van der Waals surface area contributed by atoms with Crippen LogP contribution < -0.4 is 16.2 Å². The van der Waals surface area contributed by atoms with E-state index in [4.69, 9.17) is 10.5 Å². The largest absolute Gasteiger partial charge is 0.495 e. The Morgan fingerprint density at radius 3 is 2.55 bits per heavy atom. The van der Waals surface area contributed by atoms with E-state index in [2.05, 4.69) is 15.0 Å². The zero-order chi connectivity index (χ0) is 22.1. The van der Waals surface area contributed by atoms with Gasteiger partial charge < -0.3 is 20.6 Å². The van der Waals surface area contributed by atoms with Gasteiger partial charge in [-0.1, -0.05) is 43.3 Å². The minimum atomic E-state index is -0.785. The van der Waals surface area contributed by atoms with Crippen LogP contribution in [0.1, 0.15) is 28.9 Å². The lowest BCUT2D eigenvalue weighted by Gasteiger charge is -2.11. The highest BCUT2D eigenvalue weighted by Gasteiger charge is 2.21. The van der Waals surface area contributed by atoms with Gasteiger partial charge in [0.05, 0.1) is 12.8 Å². The van der Waals surface area contributed by atoms with Crippen LogP contribution in [0.25, 0.3) is 28.2 Å². The fourth-order valence-electron chi connectivity index (χ4n) is 3.40. The number of aromatic amines is 1. The molecule has 1 unspecified atom stereocenters. The summed E-state index contributed by atoms with van der Waals surface area (Å²) in [4.78, 5) is 36.4. The molecule has 0 radical (unpaired) electrons. The molecule has 158 valence electrons. The molecule has 0 fully saturated rings. The van der Waals surface area contributed by atoms with Crippen LogP contribution in [-0.4, -0.2) is 44.2 Å². The predicted octanol–water partition coefficient (Wildman–Crippen LogP) is 1.98. The minimum absolute atomic E-state index is 0.0148. The van der Waals surface area contributed by atoms with Crippen molar-refractivity contribution in [2.45, 2.75) is 12.8 Å². The average molecular weight is 419 g/mol. The maximum atomic E-state index is 12.8. The number of aliphatic hydroxyl groups is 1. The molecule has 0 aliphatic carbocycles. The van der Waals surface area contributed by atoms with Gasteiger partial charge in [-0.2, -0.15) is 0 Å². The van der Waals surface area contributed by atoms with Crippen molar-refractivity contribution in [1.29, 1.82) is 0 Å². The average Bonchev–Trinajstić information content (AvgIpc) is 3.13. The number of rotatable bonds is 6. The number of primary amides is 1. The number of carbonyl (C=O) groups excluding carboxylic acids is 1. The van der Waals surface area contributed by atoms with Crippen molar-refractivity contribution >= 4 is 17.1 Å². The Hall–Kier alpha value is -3.98. The van der Waals surface area contributed by atoms with Crippen LogP contribution in [0.4, 0.5) is 0 Å². The molecule has 2 aromatic carbocycles. The molecule has 0 aliphatic rings. The summed E-state index contributed by atoms with van der Waals surface area (Å²) in [5.74, 6) is -0.0904. The smallest absolute Gasteiger partial charge is 0.332 e. The number of para-hydroxylation sites is 2. The third-order valence-corrected chi connectivity index (χ3v) is 5.11. The van der Waals surface area contributed by atoms with E-state index in [0.717, 1.165) is 5.56 Å². The second-order valence-electron chi connectivity index (χ2n) is 7.10. The molecule has 1 amide bonds. The first-order valence-electron chi connectivity index (χ1n) is 9.61. The van der Waals surface area contributed by atoms with E-state index in [1.54, 1.807) is 36.4 Å². The molecule has 2 aromatic heterocycles. The first-order valence-corrected chi connectivity index (χ1v) is 9.61. The molecule has 0 bridgehead atoms. The molecular formula is C22H21N5O4. The van der Waals surface area contributed by atoms with Crippen LogP contribution in [0.2, 0.25) is 0 Å². The maximum Gasteiger partial charge on any atom is 0.332 e. The number of carbonyl (C=O) groups is 1. The number of nitrogens with two attached hydrogens (primary N) is 1. The van der Waals surface area contributed by atoms with Crippen molar-refractivity contribution in [3.8, 4) is 22.8 Å². The first-order chi connectivity index (χ1) is 14.9. The highest BCUT2D eigenvalue weighted by molar-refractivity contribution is 6.02. The molecule has 4 rings (SSSR count). The van der Waals surface area contributed by atoms with Crippen LogP contribution in [0.15, 0.2) is 53.3 Å². The quantitative estimate of drug-likeness (QED) is 0.437. The van der Waals surface area contributed by atoms with E-state index >= 15 is 0 Å². The van der Waals surface area contributed by atoms with E-state index < -0.39 is 11.6 Å². The van der Waals surface area contributed by atoms with Gasteiger partial charge in [0, 0.05) is 18.1 Å². The van der Waals surface area contributed by atoms with Crippen molar-refractivity contribution in [3.63, 3.8) is 0 Å². The number of aromatic nitrogens is 4. The van der Waals surface area contributed by atoms with Gasteiger partial charge in [-0.15, -0.1) is 0 Å². The summed E-state index contributed by atoms with van der Waals surface area (Å²) >= 11 is 0. The van der Waals surface area contributed by atoms with Gasteiger partial charge in [0.1, 0.15) is 11.3 Å². The number of hydrogen-bond acceptors (Lipinski definition) is 6. The summed E-state index contributed by atoms with van der Waals surface area (Å²) in [6.07, 6.45) is 0. The summed E-state index contributed by atoms with van der Waals surface area (Å²) in [5, 5.41) is 9.35. The van der Waals surface area contributed by atoms with E-state index in [1.807, 2.05) is 19.1 Å². The lowest BCUT2D eigenvalue weighted by Crippen LogP contribution is -2.16. The third kappa shape index (κ3) is 3.55. The number of amides is 1. The second-order valence-corrected chi connectivity index (χ2v) is 7.10. The van der Waals surface area contributed by atoms with Crippen LogP contribution in [0, 0.1) is 0 Å². The molecule has 4 N–H and O–H groups in total. The Labute approximate surface area is 177 Å². The van der Waals surface area contributed by atoms with Gasteiger partial charge in [-0.25, -0.2) is 19.3 Å². The summed E-state index contributed by atoms with van der Waals surface area (Å²) in [6, 6.07) is 14.3. The zero-order valence-electron chi connectivity index (χ0n) is 17.0. The number of fused-ring (bicyclic) bond motifs is 1. The molecule has 9 nitrogen and oxygen atoms in total. The number of methoxy groups -OCH3 is 1. The van der Waals surface area contributed by atoms with Crippen molar-refractivity contribution in [1.82, 2.24) is 19.5 Å². The number of nitrogens with one attached hydrogen (secondary N) is 1. The molecule has 1 atom stereocenters. The number of hydrogen-bond donors (Lipinski definition) is 3. The highest BCUT2D eigenvalue weighted by Crippen LogP contribution is 2.27. The van der Waals surface area contributed by atoms with Crippen molar-refractivity contribution in [2.24, 2.45) is 5.73 Å². The summed E-state index contributed by atoms with van der Waals surface area (Å²) < 4.78 is 6.71. The first kappa shape index (κ1) is 20.3. The van der Waals surface area contributed by atoms with Crippen LogP contribution in [0.3, 0.4) is 0 Å². The van der Waals surface area contributed by atoms with E-state index in [1.165, 1.54) is 11.7 Å². The molecule has 31 heavy (non-hydrogen) atoms. The monoisotopic (exact) mass is 419 g/mol. The third-order valence-electron chi connectivity index (χ3n) is 5.11. The fraction of sp³-hybridized carbons (Fsp3) is 0.182. The molecule has 0 saturated heterocycles. The maximum absolute atomic E-state index is 12.8. The number of aliphatic hydroxyl groups excluding tert-OH is 1. The number of ether oxygens (including phenoxy) is 1. The molecule has 9 heteroatoms. The minimum Gasteiger partial charge on any atom is -0.495 e. The van der Waals surface area contributed by atoms with Gasteiger partial charge in [0.25, 0.3) is 5.91 Å². The summed E-state index contributed by atoms with van der Waals surface area (Å²) in [7, 11) is 1.50. The Balaban J connectivity index is 1.97. The number of benzene rings is 2. The van der Waals surface area contributed by atoms with Crippen molar-refractivity contribution in [2.75, 3.05) is 13.7 Å². The number of imidazole rings is 1. The molecular weight excluding hydrogens is 398 g/mol. The molecule has 4 aromatic rings. The lowest BCUT2D eigenvalue weighted by molar-refractivity contribution is 0.0997. The van der Waals surface area contributed by atoms with Crippen LogP contribution in [0.5, 0.6) is 5.75 Å². The van der Waals surface area contributed by atoms with Crippen LogP contribution >= 0.6 is 0 Å². The van der Waals surface area contributed by atoms with Gasteiger partial charge in [0.15, 0.2) is 17.2 Å². The normalized spacial score (nSPS) is 12.1. The second kappa shape index (κ2) is 8.04. The van der Waals surface area contributed by atoms with Crippen LogP contribution in [-0.2, 0) is 0 Å². The van der Waals surface area contributed by atoms with Crippen molar-refractivity contribution < 1.29 is 14.6 Å². The topological polar surface area (TPSA) is 136 Å². The molecule has 2 heterocycles. The van der Waals surface area contributed by atoms with Gasteiger partial charge in [0.2, 0.25) is 0 Å². The van der Waals surface area contributed by atoms with E-state index in [9.17, 15) is 14.7 Å². The summed E-state index contributed by atoms with van der Waals surface area (Å²) in [6.45, 7) is 1.94. The van der Waals surface area contributed by atoms with Gasteiger partial charge >= 0.3 is 5.69 Å².